The molecule has 0 saturated carbocycles. The van der Waals surface area contributed by atoms with Crippen molar-refractivity contribution in [1.82, 2.24) is 10.2 Å². The number of carbonyl (C=O) groups is 2. The van der Waals surface area contributed by atoms with Gasteiger partial charge in [0, 0.05) is 29.7 Å². The molecule has 0 aliphatic rings. The third kappa shape index (κ3) is 8.51. The second-order valence-electron chi connectivity index (χ2n) is 8.23. The number of carbonyl (C=O) groups excluding carboxylic acids is 2. The van der Waals surface area contributed by atoms with Crippen molar-refractivity contribution < 1.29 is 14.0 Å². The predicted octanol–water partition coefficient (Wildman–Crippen LogP) is 5.99. The Labute approximate surface area is 219 Å². The summed E-state index contributed by atoms with van der Waals surface area (Å²) in [4.78, 5) is 28.5. The highest BCUT2D eigenvalue weighted by Crippen LogP contribution is 2.21. The van der Waals surface area contributed by atoms with Crippen molar-refractivity contribution in [2.45, 2.75) is 38.1 Å². The number of halogens is 2. The van der Waals surface area contributed by atoms with E-state index in [-0.39, 0.29) is 23.4 Å². The number of hydrogen-bond acceptors (Lipinski definition) is 3. The lowest BCUT2D eigenvalue weighted by Gasteiger charge is -2.31. The molecule has 1 N–H and O–H groups in total. The lowest BCUT2D eigenvalue weighted by atomic mass is 10.0. The zero-order chi connectivity index (χ0) is 25.0. The standard InChI is InChI=1S/C28H30BrFN2O2S/c1-2-15-31-28(34)26(17-21-9-4-3-5-10-21)32(18-22-11-8-13-24(29)16-22)27(33)20-35-19-23-12-6-7-14-25(23)30/h3-14,16,26H,2,15,17-20H2,1H3,(H,31,34)/t26-/m0/s1. The van der Waals surface area contributed by atoms with Crippen LogP contribution in [0.1, 0.15) is 30.0 Å². The fourth-order valence-electron chi connectivity index (χ4n) is 3.70. The molecular formula is C28H30BrFN2O2S. The Morgan fingerprint density at radius 3 is 2.43 bits per heavy atom. The third-order valence-corrected chi connectivity index (χ3v) is 6.96. The Balaban J connectivity index is 1.84. The average Bonchev–Trinajstić information content (AvgIpc) is 2.86. The average molecular weight is 558 g/mol. The van der Waals surface area contributed by atoms with Gasteiger partial charge in [0.05, 0.1) is 5.75 Å². The van der Waals surface area contributed by atoms with Gasteiger partial charge in [-0.1, -0.05) is 83.5 Å². The summed E-state index contributed by atoms with van der Waals surface area (Å²) in [6.07, 6.45) is 1.22. The minimum Gasteiger partial charge on any atom is -0.354 e. The van der Waals surface area contributed by atoms with Crippen LogP contribution in [0.5, 0.6) is 0 Å². The molecule has 3 aromatic carbocycles. The Hall–Kier alpha value is -2.64. The molecule has 4 nitrogen and oxygen atoms in total. The van der Waals surface area contributed by atoms with E-state index in [9.17, 15) is 14.0 Å². The maximum Gasteiger partial charge on any atom is 0.243 e. The molecule has 0 bridgehead atoms. The van der Waals surface area contributed by atoms with Crippen molar-refractivity contribution in [3.8, 4) is 0 Å². The molecule has 3 rings (SSSR count). The molecular weight excluding hydrogens is 527 g/mol. The topological polar surface area (TPSA) is 49.4 Å². The van der Waals surface area contributed by atoms with E-state index in [0.717, 1.165) is 22.0 Å². The SMILES string of the molecule is CCCNC(=O)[C@H](Cc1ccccc1)N(Cc1cccc(Br)c1)C(=O)CSCc1ccccc1F. The van der Waals surface area contributed by atoms with E-state index >= 15 is 0 Å². The quantitative estimate of drug-likeness (QED) is 0.298. The van der Waals surface area contributed by atoms with Crippen molar-refractivity contribution in [3.63, 3.8) is 0 Å². The van der Waals surface area contributed by atoms with Crippen LogP contribution in [-0.4, -0.2) is 35.1 Å². The van der Waals surface area contributed by atoms with Gasteiger partial charge in [0.25, 0.3) is 0 Å². The minimum atomic E-state index is -0.663. The summed E-state index contributed by atoms with van der Waals surface area (Å²) >= 11 is 4.85. The number of thioether (sulfide) groups is 1. The van der Waals surface area contributed by atoms with E-state index in [1.165, 1.54) is 17.8 Å². The van der Waals surface area contributed by atoms with Gasteiger partial charge in [0.1, 0.15) is 11.9 Å². The normalized spacial score (nSPS) is 11.6. The molecule has 3 aromatic rings. The van der Waals surface area contributed by atoms with Crippen LogP contribution >= 0.6 is 27.7 Å². The van der Waals surface area contributed by atoms with Crippen molar-refractivity contribution in [2.24, 2.45) is 0 Å². The van der Waals surface area contributed by atoms with Gasteiger partial charge in [-0.3, -0.25) is 9.59 Å². The highest BCUT2D eigenvalue weighted by molar-refractivity contribution is 9.10. The molecule has 1 atom stereocenters. The monoisotopic (exact) mass is 556 g/mol. The molecule has 0 aliphatic carbocycles. The predicted molar refractivity (Wildman–Crippen MR) is 144 cm³/mol. The summed E-state index contributed by atoms with van der Waals surface area (Å²) in [5.41, 5.74) is 2.47. The number of nitrogens with one attached hydrogen (secondary N) is 1. The van der Waals surface area contributed by atoms with Crippen LogP contribution < -0.4 is 5.32 Å². The van der Waals surface area contributed by atoms with Gasteiger partial charge in [-0.2, -0.15) is 0 Å². The Bertz CT molecular complexity index is 1110. The first-order chi connectivity index (χ1) is 17.0. The molecule has 0 fully saturated rings. The van der Waals surface area contributed by atoms with Crippen LogP contribution in [0.3, 0.4) is 0 Å². The van der Waals surface area contributed by atoms with Gasteiger partial charge < -0.3 is 10.2 Å². The number of benzene rings is 3. The molecule has 0 spiro atoms. The summed E-state index contributed by atoms with van der Waals surface area (Å²) in [6.45, 7) is 2.84. The fourth-order valence-corrected chi connectivity index (χ4v) is 5.04. The molecule has 0 aromatic heterocycles. The molecule has 0 aliphatic heterocycles. The van der Waals surface area contributed by atoms with E-state index in [1.54, 1.807) is 23.1 Å². The molecule has 0 heterocycles. The van der Waals surface area contributed by atoms with Crippen LogP contribution in [-0.2, 0) is 28.3 Å². The van der Waals surface area contributed by atoms with Gasteiger partial charge in [-0.05, 0) is 41.3 Å². The van der Waals surface area contributed by atoms with Crippen LogP contribution in [0, 0.1) is 5.82 Å². The van der Waals surface area contributed by atoms with E-state index in [0.29, 0.717) is 30.8 Å². The summed E-state index contributed by atoms with van der Waals surface area (Å²) < 4.78 is 14.9. The number of rotatable bonds is 12. The highest BCUT2D eigenvalue weighted by Gasteiger charge is 2.30. The minimum absolute atomic E-state index is 0.148. The second kappa shape index (κ2) is 14.0. The zero-order valence-electron chi connectivity index (χ0n) is 19.8. The lowest BCUT2D eigenvalue weighted by Crippen LogP contribution is -2.51. The van der Waals surface area contributed by atoms with Gasteiger partial charge in [0.2, 0.25) is 11.8 Å². The second-order valence-corrected chi connectivity index (χ2v) is 10.1. The molecule has 0 unspecified atom stereocenters. The number of nitrogens with zero attached hydrogens (tertiary/aromatic N) is 1. The van der Waals surface area contributed by atoms with Crippen molar-refractivity contribution >= 4 is 39.5 Å². The van der Waals surface area contributed by atoms with Crippen LogP contribution in [0.2, 0.25) is 0 Å². The van der Waals surface area contributed by atoms with Gasteiger partial charge in [-0.25, -0.2) is 4.39 Å². The van der Waals surface area contributed by atoms with Crippen LogP contribution in [0.15, 0.2) is 83.3 Å². The summed E-state index contributed by atoms with van der Waals surface area (Å²) in [6, 6.07) is 23.4. The van der Waals surface area contributed by atoms with Gasteiger partial charge in [-0.15, -0.1) is 11.8 Å². The number of hydrogen-bond donors (Lipinski definition) is 1. The zero-order valence-corrected chi connectivity index (χ0v) is 22.2. The fraction of sp³-hybridized carbons (Fsp3) is 0.286. The largest absolute Gasteiger partial charge is 0.354 e. The first kappa shape index (κ1) is 27.0. The molecule has 184 valence electrons. The summed E-state index contributed by atoms with van der Waals surface area (Å²) in [5, 5.41) is 2.98. The smallest absolute Gasteiger partial charge is 0.243 e. The van der Waals surface area contributed by atoms with E-state index < -0.39 is 6.04 Å². The van der Waals surface area contributed by atoms with E-state index in [4.69, 9.17) is 0 Å². The van der Waals surface area contributed by atoms with Crippen LogP contribution in [0.25, 0.3) is 0 Å². The Kier molecular flexibility index (Phi) is 10.8. The third-order valence-electron chi connectivity index (χ3n) is 5.50. The summed E-state index contributed by atoms with van der Waals surface area (Å²) in [5.74, 6) is -0.0696. The summed E-state index contributed by atoms with van der Waals surface area (Å²) in [7, 11) is 0. The molecule has 0 saturated heterocycles. The van der Waals surface area contributed by atoms with Crippen molar-refractivity contribution in [3.05, 3.63) is 106 Å². The van der Waals surface area contributed by atoms with E-state index in [2.05, 4.69) is 21.2 Å². The molecule has 2 amide bonds. The molecule has 7 heteroatoms. The maximum absolute atomic E-state index is 14.0. The maximum atomic E-state index is 14.0. The van der Waals surface area contributed by atoms with Crippen LogP contribution in [0.4, 0.5) is 4.39 Å². The van der Waals surface area contributed by atoms with Crippen molar-refractivity contribution in [2.75, 3.05) is 12.3 Å². The number of amides is 2. The Morgan fingerprint density at radius 2 is 1.71 bits per heavy atom. The highest BCUT2D eigenvalue weighted by atomic mass is 79.9. The lowest BCUT2D eigenvalue weighted by molar-refractivity contribution is -0.139. The van der Waals surface area contributed by atoms with E-state index in [1.807, 2.05) is 61.5 Å². The van der Waals surface area contributed by atoms with Crippen molar-refractivity contribution in [1.29, 1.82) is 0 Å². The Morgan fingerprint density at radius 1 is 1.00 bits per heavy atom. The first-order valence-electron chi connectivity index (χ1n) is 11.6. The van der Waals surface area contributed by atoms with Gasteiger partial charge in [0.15, 0.2) is 0 Å². The molecule has 35 heavy (non-hydrogen) atoms. The molecule has 0 radical (unpaired) electrons. The first-order valence-corrected chi connectivity index (χ1v) is 13.6. The van der Waals surface area contributed by atoms with Gasteiger partial charge >= 0.3 is 0 Å².